The van der Waals surface area contributed by atoms with Gasteiger partial charge in [-0.15, -0.1) is 10.2 Å². The Labute approximate surface area is 213 Å². The number of carbonyl (C=O) groups excluding carboxylic acids is 1. The summed E-state index contributed by atoms with van der Waals surface area (Å²) in [6, 6.07) is 5.25. The fourth-order valence-corrected chi connectivity index (χ4v) is 5.20. The zero-order valence-electron chi connectivity index (χ0n) is 19.5. The molecule has 0 atom stereocenters. The molecule has 2 aliphatic rings. The topological polar surface area (TPSA) is 88.4 Å². The van der Waals surface area contributed by atoms with Crippen LogP contribution in [-0.4, -0.2) is 77.8 Å². The minimum atomic E-state index is -4.58. The van der Waals surface area contributed by atoms with Gasteiger partial charge in [0, 0.05) is 64.0 Å². The number of piperidine rings is 1. The maximum absolute atomic E-state index is 13.2. The van der Waals surface area contributed by atoms with Gasteiger partial charge in [-0.3, -0.25) is 9.69 Å². The molecule has 0 unspecified atom stereocenters. The number of aromatic nitrogens is 2. The Morgan fingerprint density at radius 2 is 1.86 bits per heavy atom. The number of aryl methyl sites for hydroxylation is 1. The molecule has 2 fully saturated rings. The average Bonchev–Trinajstić information content (AvgIpc) is 3.29. The molecule has 2 aliphatic heterocycles. The van der Waals surface area contributed by atoms with E-state index in [9.17, 15) is 18.0 Å². The molecule has 1 amide bonds. The first-order valence-corrected chi connectivity index (χ1v) is 12.5. The van der Waals surface area contributed by atoms with Crippen LogP contribution in [0.1, 0.15) is 42.8 Å². The number of likely N-dealkylation sites (tertiary alicyclic amines) is 1. The highest BCUT2D eigenvalue weighted by Gasteiger charge is 2.34. The summed E-state index contributed by atoms with van der Waals surface area (Å²) in [5.74, 6) is 0.114. The van der Waals surface area contributed by atoms with Gasteiger partial charge < -0.3 is 15.1 Å². The number of nitriles is 1. The lowest BCUT2D eigenvalue weighted by Crippen LogP contribution is -2.48. The number of piperazine rings is 1. The molecule has 0 radical (unpaired) electrons. The second-order valence-corrected chi connectivity index (χ2v) is 10.0. The van der Waals surface area contributed by atoms with Crippen LogP contribution < -0.4 is 10.2 Å². The van der Waals surface area contributed by atoms with Crippen LogP contribution >= 0.6 is 11.3 Å². The summed E-state index contributed by atoms with van der Waals surface area (Å²) in [4.78, 5) is 19.1. The van der Waals surface area contributed by atoms with Crippen LogP contribution in [0.15, 0.2) is 18.2 Å². The van der Waals surface area contributed by atoms with Crippen molar-refractivity contribution >= 4 is 28.1 Å². The van der Waals surface area contributed by atoms with E-state index in [4.69, 9.17) is 5.26 Å². The highest BCUT2D eigenvalue weighted by molar-refractivity contribution is 7.15. The number of nitrogens with zero attached hydrogens (tertiary/aromatic N) is 6. The number of halogens is 3. The Bertz CT molecular complexity index is 1070. The van der Waals surface area contributed by atoms with Gasteiger partial charge in [-0.25, -0.2) is 0 Å². The number of carbonyl (C=O) groups is 1. The fraction of sp³-hybridized carbons (Fsp3) is 0.583. The first-order chi connectivity index (χ1) is 16.7. The first kappa shape index (κ1) is 27.7. The summed E-state index contributed by atoms with van der Waals surface area (Å²) in [5, 5.41) is 22.3. The van der Waals surface area contributed by atoms with E-state index < -0.39 is 11.7 Å². The van der Waals surface area contributed by atoms with Gasteiger partial charge in [0.25, 0.3) is 0 Å². The van der Waals surface area contributed by atoms with Crippen molar-refractivity contribution in [3.8, 4) is 6.07 Å². The Kier molecular flexibility index (Phi) is 9.13. The molecule has 0 spiro atoms. The average molecular weight is 524 g/mol. The molecule has 196 valence electrons. The lowest BCUT2D eigenvalue weighted by molar-refractivity contribution is -0.137. The molecule has 3 heterocycles. The predicted octanol–water partition coefficient (Wildman–Crippen LogP) is 3.99. The smallest absolute Gasteiger partial charge is 0.382 e. The van der Waals surface area contributed by atoms with Gasteiger partial charge in [-0.1, -0.05) is 18.8 Å². The van der Waals surface area contributed by atoms with E-state index in [1.807, 2.05) is 11.8 Å². The number of alkyl halides is 3. The van der Waals surface area contributed by atoms with Crippen molar-refractivity contribution < 1.29 is 18.0 Å². The highest BCUT2D eigenvalue weighted by atomic mass is 32.1. The van der Waals surface area contributed by atoms with Crippen molar-refractivity contribution in [2.75, 3.05) is 56.0 Å². The lowest BCUT2D eigenvalue weighted by Gasteiger charge is -2.35. The van der Waals surface area contributed by atoms with Gasteiger partial charge in [0.1, 0.15) is 5.01 Å². The molecule has 1 aromatic heterocycles. The molecule has 0 bridgehead atoms. The van der Waals surface area contributed by atoms with Crippen molar-refractivity contribution in [1.29, 1.82) is 5.26 Å². The number of anilines is 2. The number of benzene rings is 1. The number of hydrogen-bond donors (Lipinski definition) is 1. The van der Waals surface area contributed by atoms with E-state index in [2.05, 4.69) is 25.3 Å². The molecular formula is C24H32F3N7OS. The Morgan fingerprint density at radius 1 is 1.17 bits per heavy atom. The van der Waals surface area contributed by atoms with Gasteiger partial charge in [-0.05, 0) is 38.0 Å². The van der Waals surface area contributed by atoms with Crippen molar-refractivity contribution in [3.05, 3.63) is 34.3 Å². The third-order valence-electron chi connectivity index (χ3n) is 6.46. The van der Waals surface area contributed by atoms with Crippen LogP contribution in [-0.2, 0) is 11.0 Å². The van der Waals surface area contributed by atoms with E-state index in [0.717, 1.165) is 42.4 Å². The van der Waals surface area contributed by atoms with Crippen molar-refractivity contribution in [3.63, 3.8) is 0 Å². The molecule has 1 aromatic carbocycles. The number of rotatable bonds is 6. The summed E-state index contributed by atoms with van der Waals surface area (Å²) in [7, 11) is 0. The van der Waals surface area contributed by atoms with Crippen LogP contribution in [0.2, 0.25) is 0 Å². The first-order valence-electron chi connectivity index (χ1n) is 11.7. The zero-order chi connectivity index (χ0) is 25.0. The van der Waals surface area contributed by atoms with Gasteiger partial charge in [0.2, 0.25) is 11.0 Å². The quantitative estimate of drug-likeness (QED) is 0.613. The molecule has 0 aliphatic carbocycles. The maximum atomic E-state index is 13.2. The molecule has 8 nitrogen and oxygen atoms in total. The number of amides is 1. The monoisotopic (exact) mass is 523 g/mol. The predicted molar refractivity (Wildman–Crippen MR) is 134 cm³/mol. The van der Waals surface area contributed by atoms with Crippen molar-refractivity contribution in [2.45, 2.75) is 45.8 Å². The third-order valence-corrected chi connectivity index (χ3v) is 7.36. The molecule has 12 heteroatoms. The van der Waals surface area contributed by atoms with Crippen LogP contribution in [0.5, 0.6) is 0 Å². The largest absolute Gasteiger partial charge is 0.417 e. The SMILES string of the molecule is C.Cc1nnc(N2CCN(CCC(=O)N3CCC(Nc4ccc(C#N)c(C(F)(F)F)c4)CC3)CC2)s1. The molecule has 2 aromatic rings. The zero-order valence-corrected chi connectivity index (χ0v) is 20.3. The fourth-order valence-electron chi connectivity index (χ4n) is 4.46. The molecule has 36 heavy (non-hydrogen) atoms. The maximum Gasteiger partial charge on any atom is 0.417 e. The molecule has 0 saturated carbocycles. The van der Waals surface area contributed by atoms with E-state index in [-0.39, 0.29) is 24.9 Å². The van der Waals surface area contributed by atoms with Gasteiger partial charge >= 0.3 is 6.18 Å². The lowest BCUT2D eigenvalue weighted by atomic mass is 10.0. The van der Waals surface area contributed by atoms with Crippen LogP contribution in [0.4, 0.5) is 24.0 Å². The number of nitrogens with one attached hydrogen (secondary N) is 1. The second-order valence-electron chi connectivity index (χ2n) is 8.85. The summed E-state index contributed by atoms with van der Waals surface area (Å²) >= 11 is 1.59. The summed E-state index contributed by atoms with van der Waals surface area (Å²) in [6.07, 6.45) is -2.80. The van der Waals surface area contributed by atoms with Gasteiger partial charge in [0.05, 0.1) is 17.2 Å². The van der Waals surface area contributed by atoms with Gasteiger partial charge in [-0.2, -0.15) is 18.4 Å². The molecule has 4 rings (SSSR count). The van der Waals surface area contributed by atoms with E-state index >= 15 is 0 Å². The highest BCUT2D eigenvalue weighted by Crippen LogP contribution is 2.34. The second kappa shape index (κ2) is 11.9. The minimum Gasteiger partial charge on any atom is -0.382 e. The Morgan fingerprint density at radius 3 is 2.44 bits per heavy atom. The van der Waals surface area contributed by atoms with Crippen LogP contribution in [0.3, 0.4) is 0 Å². The Balaban J connectivity index is 0.00000361. The van der Waals surface area contributed by atoms with E-state index in [1.54, 1.807) is 17.4 Å². The summed E-state index contributed by atoms with van der Waals surface area (Å²) < 4.78 is 39.6. The third kappa shape index (κ3) is 6.85. The Hall–Kier alpha value is -2.91. The van der Waals surface area contributed by atoms with Crippen molar-refractivity contribution in [2.24, 2.45) is 0 Å². The van der Waals surface area contributed by atoms with Crippen LogP contribution in [0, 0.1) is 18.3 Å². The summed E-state index contributed by atoms with van der Waals surface area (Å²) in [6.45, 7) is 7.29. The van der Waals surface area contributed by atoms with E-state index in [0.29, 0.717) is 44.6 Å². The standard InChI is InChI=1S/C23H28F3N7OS.CH4/c1-16-29-30-22(35-16)33-12-10-31(11-13-33)7-6-21(34)32-8-4-18(5-9-32)28-19-3-2-17(15-27)20(14-19)23(24,25)26;/h2-3,14,18,28H,4-13H2,1H3;1H4. The molecule has 2 saturated heterocycles. The minimum absolute atomic E-state index is 0. The number of hydrogen-bond acceptors (Lipinski definition) is 8. The van der Waals surface area contributed by atoms with Crippen LogP contribution in [0.25, 0.3) is 0 Å². The van der Waals surface area contributed by atoms with Crippen molar-refractivity contribution in [1.82, 2.24) is 20.0 Å². The van der Waals surface area contributed by atoms with E-state index in [1.165, 1.54) is 12.1 Å². The molecule has 1 N–H and O–H groups in total. The van der Waals surface area contributed by atoms with Gasteiger partial charge in [0.15, 0.2) is 0 Å². The summed E-state index contributed by atoms with van der Waals surface area (Å²) in [5.41, 5.74) is -0.985. The normalized spacial score (nSPS) is 17.4. The molecular weight excluding hydrogens is 491 g/mol.